The predicted molar refractivity (Wildman–Crippen MR) is 76.9 cm³/mol. The molecular formula is C14H22N2OS. The van der Waals surface area contributed by atoms with Crippen LogP contribution >= 0.6 is 11.3 Å². The van der Waals surface area contributed by atoms with Gasteiger partial charge in [0.2, 0.25) is 0 Å². The molecule has 1 aromatic rings. The molecule has 0 aliphatic carbocycles. The highest BCUT2D eigenvalue weighted by Gasteiger charge is 2.18. The molecule has 0 saturated carbocycles. The first-order valence-corrected chi connectivity index (χ1v) is 7.75. The van der Waals surface area contributed by atoms with E-state index in [0.717, 1.165) is 35.1 Å². The minimum atomic E-state index is 0.324. The zero-order valence-electron chi connectivity index (χ0n) is 11.3. The molecule has 0 radical (unpaired) electrons. The molecule has 1 fully saturated rings. The van der Waals surface area contributed by atoms with Crippen LogP contribution in [0.5, 0.6) is 0 Å². The van der Waals surface area contributed by atoms with Crippen molar-refractivity contribution in [2.75, 3.05) is 18.0 Å². The van der Waals surface area contributed by atoms with E-state index in [4.69, 9.17) is 0 Å². The Bertz CT molecular complexity index is 392. The number of carbonyl (C=O) groups is 1. The first kappa shape index (κ1) is 13.5. The summed E-state index contributed by atoms with van der Waals surface area (Å²) in [5.41, 5.74) is 0.965. The summed E-state index contributed by atoms with van der Waals surface area (Å²) < 4.78 is 0. The molecule has 1 aliphatic heterocycles. The maximum atomic E-state index is 11.1. The summed E-state index contributed by atoms with van der Waals surface area (Å²) in [6.45, 7) is 6.37. The summed E-state index contributed by atoms with van der Waals surface area (Å²) in [7, 11) is 0. The normalized spacial score (nSPS) is 17.6. The first-order valence-electron chi connectivity index (χ1n) is 6.93. The van der Waals surface area contributed by atoms with Crippen molar-refractivity contribution in [2.24, 2.45) is 0 Å². The Balaban J connectivity index is 2.18. The summed E-state index contributed by atoms with van der Waals surface area (Å²) in [5.74, 6) is 0.324. The van der Waals surface area contributed by atoms with Gasteiger partial charge in [0.15, 0.2) is 11.4 Å². The highest BCUT2D eigenvalue weighted by Crippen LogP contribution is 2.30. The van der Waals surface area contributed by atoms with Crippen molar-refractivity contribution in [3.8, 4) is 0 Å². The summed E-state index contributed by atoms with van der Waals surface area (Å²) in [6.07, 6.45) is 7.45. The fraction of sp³-hybridized carbons (Fsp3) is 0.714. The number of hydrogen-bond acceptors (Lipinski definition) is 4. The molecule has 3 nitrogen and oxygen atoms in total. The van der Waals surface area contributed by atoms with Gasteiger partial charge in [-0.2, -0.15) is 0 Å². The summed E-state index contributed by atoms with van der Waals surface area (Å²) >= 11 is 1.56. The van der Waals surface area contributed by atoms with Crippen LogP contribution in [-0.4, -0.2) is 24.4 Å². The molecule has 4 heteroatoms. The second-order valence-corrected chi connectivity index (χ2v) is 6.28. The Morgan fingerprint density at radius 1 is 1.17 bits per heavy atom. The Hall–Kier alpha value is -0.900. The fourth-order valence-electron chi connectivity index (χ4n) is 2.40. The third-order valence-corrected chi connectivity index (χ3v) is 4.51. The minimum Gasteiger partial charge on any atom is -0.348 e. The largest absolute Gasteiger partial charge is 0.348 e. The van der Waals surface area contributed by atoms with E-state index in [1.165, 1.54) is 32.1 Å². The van der Waals surface area contributed by atoms with E-state index >= 15 is 0 Å². The van der Waals surface area contributed by atoms with Gasteiger partial charge >= 0.3 is 0 Å². The second kappa shape index (κ2) is 6.32. The van der Waals surface area contributed by atoms with E-state index in [-0.39, 0.29) is 0 Å². The molecule has 100 valence electrons. The van der Waals surface area contributed by atoms with Crippen molar-refractivity contribution in [2.45, 2.75) is 51.9 Å². The average molecular weight is 266 g/mol. The van der Waals surface area contributed by atoms with Crippen molar-refractivity contribution in [3.63, 3.8) is 0 Å². The van der Waals surface area contributed by atoms with Crippen LogP contribution in [-0.2, 0) is 0 Å². The number of anilines is 1. The summed E-state index contributed by atoms with van der Waals surface area (Å²) in [5, 5.41) is 1.04. The van der Waals surface area contributed by atoms with Gasteiger partial charge in [0, 0.05) is 13.1 Å². The van der Waals surface area contributed by atoms with Crippen LogP contribution in [0.3, 0.4) is 0 Å². The highest BCUT2D eigenvalue weighted by molar-refractivity contribution is 7.17. The van der Waals surface area contributed by atoms with Crippen molar-refractivity contribution < 1.29 is 4.79 Å². The molecule has 1 saturated heterocycles. The van der Waals surface area contributed by atoms with Gasteiger partial charge in [-0.15, -0.1) is 0 Å². The minimum absolute atomic E-state index is 0.324. The van der Waals surface area contributed by atoms with Crippen LogP contribution in [0.4, 0.5) is 5.13 Å². The standard InChI is InChI=1S/C14H22N2OS/c1-11(2)13-12(10-17)18-14(15-13)16-8-6-4-3-5-7-9-16/h10-11H,3-9H2,1-2H3. The Morgan fingerprint density at radius 3 is 2.28 bits per heavy atom. The fourth-order valence-corrected chi connectivity index (χ4v) is 3.49. The Kier molecular flexibility index (Phi) is 4.75. The average Bonchev–Trinajstić information content (AvgIpc) is 2.72. The topological polar surface area (TPSA) is 33.2 Å². The smallest absolute Gasteiger partial charge is 0.186 e. The molecule has 0 spiro atoms. The number of carbonyl (C=O) groups excluding carboxylic acids is 1. The molecule has 2 heterocycles. The van der Waals surface area contributed by atoms with Crippen LogP contribution in [0.1, 0.15) is 67.2 Å². The molecule has 0 amide bonds. The van der Waals surface area contributed by atoms with Gasteiger partial charge in [-0.25, -0.2) is 4.98 Å². The molecule has 0 unspecified atom stereocenters. The first-order chi connectivity index (χ1) is 8.72. The zero-order valence-corrected chi connectivity index (χ0v) is 12.1. The molecule has 0 bridgehead atoms. The molecular weight excluding hydrogens is 244 g/mol. The zero-order chi connectivity index (χ0) is 13.0. The number of thiazole rings is 1. The summed E-state index contributed by atoms with van der Waals surface area (Å²) in [6, 6.07) is 0. The predicted octanol–water partition coefficient (Wildman–Crippen LogP) is 3.85. The van der Waals surface area contributed by atoms with Gasteiger partial charge in [0.05, 0.1) is 10.6 Å². The number of aromatic nitrogens is 1. The molecule has 2 rings (SSSR count). The van der Waals surface area contributed by atoms with Crippen molar-refractivity contribution in [1.29, 1.82) is 0 Å². The van der Waals surface area contributed by atoms with Crippen LogP contribution < -0.4 is 4.90 Å². The van der Waals surface area contributed by atoms with Gasteiger partial charge in [0.1, 0.15) is 0 Å². The van der Waals surface area contributed by atoms with E-state index in [0.29, 0.717) is 5.92 Å². The van der Waals surface area contributed by atoms with E-state index in [9.17, 15) is 4.79 Å². The lowest BCUT2D eigenvalue weighted by Gasteiger charge is -2.23. The Morgan fingerprint density at radius 2 is 1.78 bits per heavy atom. The second-order valence-electron chi connectivity index (χ2n) is 5.27. The van der Waals surface area contributed by atoms with E-state index in [2.05, 4.69) is 23.7 Å². The molecule has 0 N–H and O–H groups in total. The number of rotatable bonds is 3. The number of hydrogen-bond donors (Lipinski definition) is 0. The van der Waals surface area contributed by atoms with E-state index < -0.39 is 0 Å². The van der Waals surface area contributed by atoms with Gasteiger partial charge < -0.3 is 4.90 Å². The van der Waals surface area contributed by atoms with Gasteiger partial charge in [-0.1, -0.05) is 44.4 Å². The molecule has 0 aromatic carbocycles. The lowest BCUT2D eigenvalue weighted by atomic mass is 10.1. The molecule has 0 atom stereocenters. The third-order valence-electron chi connectivity index (χ3n) is 3.45. The summed E-state index contributed by atoms with van der Waals surface area (Å²) in [4.78, 5) is 19.0. The lowest BCUT2D eigenvalue weighted by Crippen LogP contribution is -2.26. The number of nitrogens with zero attached hydrogens (tertiary/aromatic N) is 2. The van der Waals surface area contributed by atoms with E-state index in [1.807, 2.05) is 0 Å². The molecule has 1 aromatic heterocycles. The maximum absolute atomic E-state index is 11.1. The number of aldehydes is 1. The highest BCUT2D eigenvalue weighted by atomic mass is 32.1. The van der Waals surface area contributed by atoms with Crippen LogP contribution in [0.25, 0.3) is 0 Å². The third kappa shape index (κ3) is 3.10. The Labute approximate surface area is 113 Å². The van der Waals surface area contributed by atoms with Gasteiger partial charge in [-0.05, 0) is 18.8 Å². The van der Waals surface area contributed by atoms with Crippen molar-refractivity contribution in [1.82, 2.24) is 4.98 Å². The molecule has 1 aliphatic rings. The van der Waals surface area contributed by atoms with E-state index in [1.54, 1.807) is 11.3 Å². The van der Waals surface area contributed by atoms with Crippen molar-refractivity contribution in [3.05, 3.63) is 10.6 Å². The molecule has 18 heavy (non-hydrogen) atoms. The monoisotopic (exact) mass is 266 g/mol. The SMILES string of the molecule is CC(C)c1nc(N2CCCCCCC2)sc1C=O. The van der Waals surface area contributed by atoms with Crippen molar-refractivity contribution >= 4 is 22.8 Å². The van der Waals surface area contributed by atoms with Crippen LogP contribution in [0.15, 0.2) is 0 Å². The lowest BCUT2D eigenvalue weighted by molar-refractivity contribution is 0.112. The quantitative estimate of drug-likeness (QED) is 0.779. The maximum Gasteiger partial charge on any atom is 0.186 e. The van der Waals surface area contributed by atoms with Gasteiger partial charge in [0.25, 0.3) is 0 Å². The van der Waals surface area contributed by atoms with Crippen LogP contribution in [0, 0.1) is 0 Å². The van der Waals surface area contributed by atoms with Gasteiger partial charge in [-0.3, -0.25) is 4.79 Å². The van der Waals surface area contributed by atoms with Crippen LogP contribution in [0.2, 0.25) is 0 Å².